The van der Waals surface area contributed by atoms with Gasteiger partial charge >= 0.3 is 0 Å². The third-order valence-electron chi connectivity index (χ3n) is 5.57. The summed E-state index contributed by atoms with van der Waals surface area (Å²) in [5, 5.41) is 0. The van der Waals surface area contributed by atoms with Crippen molar-refractivity contribution in [3.8, 4) is 0 Å². The largest absolute Gasteiger partial charge is 0.339 e. The molecule has 0 bridgehead atoms. The van der Waals surface area contributed by atoms with Crippen molar-refractivity contribution in [3.05, 3.63) is 29.6 Å². The molecule has 2 aromatic rings. The molecule has 2 aliphatic rings. The van der Waals surface area contributed by atoms with Gasteiger partial charge in [0.25, 0.3) is 0 Å². The Morgan fingerprint density at radius 3 is 2.35 bits per heavy atom. The van der Waals surface area contributed by atoms with Crippen LogP contribution in [0.15, 0.2) is 18.2 Å². The number of piperazine rings is 1. The van der Waals surface area contributed by atoms with Crippen molar-refractivity contribution >= 4 is 22.8 Å². The summed E-state index contributed by atoms with van der Waals surface area (Å²) in [5.74, 6) is 2.08. The van der Waals surface area contributed by atoms with Crippen LogP contribution in [0.25, 0.3) is 11.0 Å². The molecule has 138 valence electrons. The van der Waals surface area contributed by atoms with Crippen LogP contribution in [0.4, 0.5) is 0 Å². The van der Waals surface area contributed by atoms with Gasteiger partial charge in [0.05, 0.1) is 17.5 Å². The van der Waals surface area contributed by atoms with Gasteiger partial charge in [0.15, 0.2) is 0 Å². The van der Waals surface area contributed by atoms with Crippen molar-refractivity contribution < 1.29 is 9.59 Å². The summed E-state index contributed by atoms with van der Waals surface area (Å²) < 4.78 is 2.18. The first-order valence-electron chi connectivity index (χ1n) is 9.57. The molecule has 0 spiro atoms. The second-order valence-corrected chi connectivity index (χ2v) is 7.42. The SMILES string of the molecule is CCC(=O)N1CCN(C(=O)Cc2ccc3c(c2)nc(C2CC2)n3C)CC1. The van der Waals surface area contributed by atoms with E-state index in [1.165, 1.54) is 18.7 Å². The predicted molar refractivity (Wildman–Crippen MR) is 99.8 cm³/mol. The van der Waals surface area contributed by atoms with Gasteiger partial charge in [-0.1, -0.05) is 13.0 Å². The van der Waals surface area contributed by atoms with Gasteiger partial charge in [0, 0.05) is 45.6 Å². The zero-order chi connectivity index (χ0) is 18.3. The zero-order valence-electron chi connectivity index (χ0n) is 15.6. The van der Waals surface area contributed by atoms with Gasteiger partial charge in [-0.05, 0) is 30.5 Å². The molecule has 1 aliphatic heterocycles. The lowest BCUT2D eigenvalue weighted by Crippen LogP contribution is -2.50. The van der Waals surface area contributed by atoms with Gasteiger partial charge in [-0.15, -0.1) is 0 Å². The van der Waals surface area contributed by atoms with E-state index in [2.05, 4.69) is 23.7 Å². The number of carbonyl (C=O) groups is 2. The lowest BCUT2D eigenvalue weighted by molar-refractivity contribution is -0.139. The van der Waals surface area contributed by atoms with E-state index >= 15 is 0 Å². The highest BCUT2D eigenvalue weighted by molar-refractivity contribution is 5.83. The lowest BCUT2D eigenvalue weighted by Gasteiger charge is -2.34. The molecular weight excluding hydrogens is 328 g/mol. The van der Waals surface area contributed by atoms with Crippen LogP contribution in [0, 0.1) is 0 Å². The Bertz CT molecular complexity index is 845. The van der Waals surface area contributed by atoms with Gasteiger partial charge in [0.2, 0.25) is 11.8 Å². The molecule has 0 N–H and O–H groups in total. The number of aryl methyl sites for hydroxylation is 1. The molecule has 1 aromatic heterocycles. The lowest BCUT2D eigenvalue weighted by atomic mass is 10.1. The van der Waals surface area contributed by atoms with Crippen molar-refractivity contribution in [1.29, 1.82) is 0 Å². The quantitative estimate of drug-likeness (QED) is 0.845. The van der Waals surface area contributed by atoms with E-state index in [1.807, 2.05) is 22.8 Å². The van der Waals surface area contributed by atoms with Crippen LogP contribution in [0.1, 0.15) is 43.5 Å². The fourth-order valence-corrected chi connectivity index (χ4v) is 3.80. The third-order valence-corrected chi connectivity index (χ3v) is 5.57. The number of hydrogen-bond donors (Lipinski definition) is 0. The summed E-state index contributed by atoms with van der Waals surface area (Å²) >= 11 is 0. The molecule has 1 saturated heterocycles. The monoisotopic (exact) mass is 354 g/mol. The maximum atomic E-state index is 12.6. The van der Waals surface area contributed by atoms with Gasteiger partial charge in [0.1, 0.15) is 5.82 Å². The smallest absolute Gasteiger partial charge is 0.227 e. The van der Waals surface area contributed by atoms with E-state index in [1.54, 1.807) is 0 Å². The van der Waals surface area contributed by atoms with E-state index in [9.17, 15) is 9.59 Å². The summed E-state index contributed by atoms with van der Waals surface area (Å²) in [6.45, 7) is 4.41. The maximum Gasteiger partial charge on any atom is 0.227 e. The van der Waals surface area contributed by atoms with Crippen molar-refractivity contribution in [2.24, 2.45) is 7.05 Å². The molecule has 4 rings (SSSR count). The van der Waals surface area contributed by atoms with E-state index in [4.69, 9.17) is 4.98 Å². The molecular formula is C20H26N4O2. The standard InChI is InChI=1S/C20H26N4O2/c1-3-18(25)23-8-10-24(11-9-23)19(26)13-14-4-7-17-16(12-14)21-20(22(17)2)15-5-6-15/h4,7,12,15H,3,5-6,8-11,13H2,1-2H3. The molecule has 1 aromatic carbocycles. The average Bonchev–Trinajstić information content (AvgIpc) is 3.45. The van der Waals surface area contributed by atoms with Crippen molar-refractivity contribution in [1.82, 2.24) is 19.4 Å². The molecule has 2 amide bonds. The fraction of sp³-hybridized carbons (Fsp3) is 0.550. The van der Waals surface area contributed by atoms with E-state index in [-0.39, 0.29) is 11.8 Å². The second kappa shape index (κ2) is 6.74. The van der Waals surface area contributed by atoms with Crippen molar-refractivity contribution in [2.75, 3.05) is 26.2 Å². The summed E-state index contributed by atoms with van der Waals surface area (Å²) in [5.41, 5.74) is 3.13. The Morgan fingerprint density at radius 1 is 1.08 bits per heavy atom. The highest BCUT2D eigenvalue weighted by atomic mass is 16.2. The highest BCUT2D eigenvalue weighted by Crippen LogP contribution is 2.40. The molecule has 1 aliphatic carbocycles. The Hall–Kier alpha value is -2.37. The van der Waals surface area contributed by atoms with Crippen molar-refractivity contribution in [3.63, 3.8) is 0 Å². The number of benzene rings is 1. The van der Waals surface area contributed by atoms with Crippen LogP contribution in [0.3, 0.4) is 0 Å². The van der Waals surface area contributed by atoms with Crippen LogP contribution in [-0.4, -0.2) is 57.3 Å². The molecule has 1 saturated carbocycles. The van der Waals surface area contributed by atoms with Crippen LogP contribution in [0.2, 0.25) is 0 Å². The number of amides is 2. The Labute approximate surface area is 153 Å². The van der Waals surface area contributed by atoms with E-state index < -0.39 is 0 Å². The Morgan fingerprint density at radius 2 is 1.73 bits per heavy atom. The minimum Gasteiger partial charge on any atom is -0.339 e. The topological polar surface area (TPSA) is 58.4 Å². The molecule has 0 atom stereocenters. The summed E-state index contributed by atoms with van der Waals surface area (Å²) in [4.78, 5) is 32.9. The predicted octanol–water partition coefficient (Wildman–Crippen LogP) is 2.07. The minimum atomic E-state index is 0.131. The number of rotatable bonds is 4. The third kappa shape index (κ3) is 3.20. The number of hydrogen-bond acceptors (Lipinski definition) is 3. The zero-order valence-corrected chi connectivity index (χ0v) is 15.6. The minimum absolute atomic E-state index is 0.131. The van der Waals surface area contributed by atoms with Gasteiger partial charge in [-0.2, -0.15) is 0 Å². The van der Waals surface area contributed by atoms with Crippen molar-refractivity contribution in [2.45, 2.75) is 38.5 Å². The normalized spacial score (nSPS) is 17.8. The number of nitrogens with zero attached hydrogens (tertiary/aromatic N) is 4. The van der Waals surface area contributed by atoms with Gasteiger partial charge in [-0.3, -0.25) is 9.59 Å². The summed E-state index contributed by atoms with van der Waals surface area (Å²) in [6.07, 6.45) is 3.39. The Balaban J connectivity index is 1.42. The number of carbonyl (C=O) groups excluding carboxylic acids is 2. The summed E-state index contributed by atoms with van der Waals surface area (Å²) in [7, 11) is 2.07. The highest BCUT2D eigenvalue weighted by Gasteiger charge is 2.29. The second-order valence-electron chi connectivity index (χ2n) is 7.42. The van der Waals surface area contributed by atoms with Crippen LogP contribution >= 0.6 is 0 Å². The molecule has 2 fully saturated rings. The van der Waals surface area contributed by atoms with Crippen LogP contribution < -0.4 is 0 Å². The van der Waals surface area contributed by atoms with Gasteiger partial charge < -0.3 is 14.4 Å². The van der Waals surface area contributed by atoms with E-state index in [0.29, 0.717) is 44.9 Å². The van der Waals surface area contributed by atoms with E-state index in [0.717, 1.165) is 16.6 Å². The molecule has 0 radical (unpaired) electrons. The number of imidazole rings is 1. The maximum absolute atomic E-state index is 12.6. The average molecular weight is 354 g/mol. The molecule has 2 heterocycles. The fourth-order valence-electron chi connectivity index (χ4n) is 3.80. The number of fused-ring (bicyclic) bond motifs is 1. The molecule has 6 heteroatoms. The molecule has 6 nitrogen and oxygen atoms in total. The van der Waals surface area contributed by atoms with Crippen LogP contribution in [0.5, 0.6) is 0 Å². The first-order valence-corrected chi connectivity index (χ1v) is 9.57. The first kappa shape index (κ1) is 17.1. The van der Waals surface area contributed by atoms with Crippen LogP contribution in [-0.2, 0) is 23.1 Å². The van der Waals surface area contributed by atoms with Gasteiger partial charge in [-0.25, -0.2) is 4.98 Å². The first-order chi connectivity index (χ1) is 12.6. The molecule has 0 unspecified atom stereocenters. The summed E-state index contributed by atoms with van der Waals surface area (Å²) in [6, 6.07) is 6.17. The Kier molecular flexibility index (Phi) is 4.42. The number of aromatic nitrogens is 2. The molecule has 26 heavy (non-hydrogen) atoms.